The number of hydrogen-bond acceptors (Lipinski definition) is 3. The molecule has 0 spiro atoms. The third kappa shape index (κ3) is 5.23. The second-order valence-electron chi connectivity index (χ2n) is 6.34. The van der Waals surface area contributed by atoms with Gasteiger partial charge in [-0.1, -0.05) is 27.7 Å². The number of carbonyl (C=O) groups excluding carboxylic acids is 1. The Kier molecular flexibility index (Phi) is 6.17. The normalized spacial score (nSPS) is 24.2. The quantitative estimate of drug-likeness (QED) is 0.729. The van der Waals surface area contributed by atoms with E-state index in [1.54, 1.807) is 20.8 Å². The molecular weight excluding hydrogens is 276 g/mol. The Morgan fingerprint density at radius 1 is 1.35 bits per heavy atom. The van der Waals surface area contributed by atoms with Crippen LogP contribution in [0.15, 0.2) is 0 Å². The third-order valence-electron chi connectivity index (χ3n) is 3.51. The zero-order chi connectivity index (χ0) is 15.3. The van der Waals surface area contributed by atoms with E-state index in [1.165, 1.54) is 0 Å². The van der Waals surface area contributed by atoms with Crippen LogP contribution >= 0.6 is 11.8 Å². The molecule has 1 rings (SSSR count). The van der Waals surface area contributed by atoms with E-state index < -0.39 is 17.4 Å². The number of aliphatic carboxylic acids is 1. The third-order valence-corrected chi connectivity index (χ3v) is 4.74. The van der Waals surface area contributed by atoms with Crippen molar-refractivity contribution in [2.45, 2.75) is 64.3 Å². The number of rotatable bonds is 5. The van der Waals surface area contributed by atoms with Crippen LogP contribution in [-0.4, -0.2) is 40.2 Å². The summed E-state index contributed by atoms with van der Waals surface area (Å²) in [5.74, 6) is 0.0906. The van der Waals surface area contributed by atoms with Gasteiger partial charge in [0.1, 0.15) is 6.04 Å². The van der Waals surface area contributed by atoms with Gasteiger partial charge in [0, 0.05) is 11.3 Å². The van der Waals surface area contributed by atoms with Crippen molar-refractivity contribution in [1.82, 2.24) is 10.6 Å². The van der Waals surface area contributed by atoms with Gasteiger partial charge in [0.15, 0.2) is 0 Å². The van der Waals surface area contributed by atoms with Crippen LogP contribution in [0, 0.1) is 5.41 Å². The zero-order valence-corrected chi connectivity index (χ0v) is 13.5. The highest BCUT2D eigenvalue weighted by Gasteiger charge is 2.33. The van der Waals surface area contributed by atoms with Gasteiger partial charge < -0.3 is 15.7 Å². The summed E-state index contributed by atoms with van der Waals surface area (Å²) in [5, 5.41) is 15.3. The van der Waals surface area contributed by atoms with Crippen LogP contribution in [0.5, 0.6) is 0 Å². The first kappa shape index (κ1) is 17.1. The molecule has 0 aromatic heterocycles. The number of urea groups is 1. The lowest BCUT2D eigenvalue weighted by Gasteiger charge is -2.28. The molecule has 1 fully saturated rings. The van der Waals surface area contributed by atoms with E-state index >= 15 is 0 Å². The Hall–Kier alpha value is -0.910. The van der Waals surface area contributed by atoms with Crippen molar-refractivity contribution in [3.05, 3.63) is 0 Å². The summed E-state index contributed by atoms with van der Waals surface area (Å²) in [6.45, 7) is 7.54. The number of nitrogens with one attached hydrogen (secondary N) is 2. The number of carbonyl (C=O) groups is 2. The fourth-order valence-corrected chi connectivity index (χ4v) is 3.61. The molecule has 2 amide bonds. The van der Waals surface area contributed by atoms with Crippen molar-refractivity contribution in [2.75, 3.05) is 5.75 Å². The smallest absolute Gasteiger partial charge is 0.326 e. The Bertz CT molecular complexity index is 355. The number of carboxylic acids is 1. The van der Waals surface area contributed by atoms with Gasteiger partial charge in [-0.05, 0) is 30.4 Å². The highest BCUT2D eigenvalue weighted by atomic mass is 32.2. The van der Waals surface area contributed by atoms with Gasteiger partial charge in [-0.3, -0.25) is 0 Å². The number of thioether (sulfide) groups is 1. The molecule has 3 atom stereocenters. The first-order valence-corrected chi connectivity index (χ1v) is 8.20. The largest absolute Gasteiger partial charge is 0.480 e. The molecule has 116 valence electrons. The molecule has 1 aliphatic carbocycles. The van der Waals surface area contributed by atoms with Crippen molar-refractivity contribution < 1.29 is 14.7 Å². The average Bonchev–Trinajstić information content (AvgIpc) is 2.72. The van der Waals surface area contributed by atoms with Crippen LogP contribution in [0.2, 0.25) is 0 Å². The van der Waals surface area contributed by atoms with Gasteiger partial charge >= 0.3 is 12.0 Å². The van der Waals surface area contributed by atoms with Crippen LogP contribution in [0.4, 0.5) is 4.79 Å². The van der Waals surface area contributed by atoms with E-state index in [0.29, 0.717) is 5.25 Å². The van der Waals surface area contributed by atoms with Gasteiger partial charge in [-0.2, -0.15) is 11.8 Å². The molecule has 0 bridgehead atoms. The summed E-state index contributed by atoms with van der Waals surface area (Å²) in [7, 11) is 0. The Morgan fingerprint density at radius 2 is 2.00 bits per heavy atom. The highest BCUT2D eigenvalue weighted by molar-refractivity contribution is 7.99. The highest BCUT2D eigenvalue weighted by Crippen LogP contribution is 2.29. The maximum absolute atomic E-state index is 11.9. The van der Waals surface area contributed by atoms with E-state index in [9.17, 15) is 14.7 Å². The number of hydrogen-bond donors (Lipinski definition) is 3. The first-order valence-electron chi connectivity index (χ1n) is 7.15. The minimum absolute atomic E-state index is 0.161. The molecule has 0 aromatic carbocycles. The monoisotopic (exact) mass is 302 g/mol. The van der Waals surface area contributed by atoms with Crippen molar-refractivity contribution >= 4 is 23.8 Å². The fraction of sp³-hybridized carbons (Fsp3) is 0.857. The lowest BCUT2D eigenvalue weighted by Crippen LogP contribution is -2.53. The molecule has 0 aliphatic heterocycles. The van der Waals surface area contributed by atoms with Crippen LogP contribution in [0.25, 0.3) is 0 Å². The summed E-state index contributed by atoms with van der Waals surface area (Å²) >= 11 is 1.93. The van der Waals surface area contributed by atoms with E-state index in [1.807, 2.05) is 11.8 Å². The second-order valence-corrected chi connectivity index (χ2v) is 7.92. The molecule has 6 heteroatoms. The van der Waals surface area contributed by atoms with E-state index in [4.69, 9.17) is 0 Å². The lowest BCUT2D eigenvalue weighted by atomic mass is 9.87. The summed E-state index contributed by atoms with van der Waals surface area (Å²) in [6.07, 6.45) is 3.06. The van der Waals surface area contributed by atoms with Crippen LogP contribution < -0.4 is 10.6 Å². The Labute approximate surface area is 125 Å². The molecule has 3 N–H and O–H groups in total. The van der Waals surface area contributed by atoms with Crippen molar-refractivity contribution in [2.24, 2.45) is 5.41 Å². The van der Waals surface area contributed by atoms with Crippen molar-refractivity contribution in [1.29, 1.82) is 0 Å². The molecule has 0 radical (unpaired) electrons. The summed E-state index contributed by atoms with van der Waals surface area (Å²) < 4.78 is 0. The first-order chi connectivity index (χ1) is 9.24. The van der Waals surface area contributed by atoms with E-state index in [-0.39, 0.29) is 12.1 Å². The topological polar surface area (TPSA) is 78.4 Å². The standard InChI is InChI=1S/C14H26N2O3S/c1-5-20-10-7-6-9(8-10)15-13(19)16-11(12(17)18)14(2,3)4/h9-11H,5-8H2,1-4H3,(H,17,18)(H2,15,16,19). The lowest BCUT2D eigenvalue weighted by molar-refractivity contribution is -0.141. The summed E-state index contributed by atoms with van der Waals surface area (Å²) in [5.41, 5.74) is -0.514. The predicted molar refractivity (Wildman–Crippen MR) is 82.1 cm³/mol. The van der Waals surface area contributed by atoms with Crippen LogP contribution in [0.3, 0.4) is 0 Å². The number of amides is 2. The Balaban J connectivity index is 2.45. The summed E-state index contributed by atoms with van der Waals surface area (Å²) in [6, 6.07) is -1.10. The van der Waals surface area contributed by atoms with Crippen LogP contribution in [0.1, 0.15) is 47.0 Å². The summed E-state index contributed by atoms with van der Waals surface area (Å²) in [4.78, 5) is 23.1. The molecule has 20 heavy (non-hydrogen) atoms. The zero-order valence-electron chi connectivity index (χ0n) is 12.7. The van der Waals surface area contributed by atoms with Gasteiger partial charge in [-0.25, -0.2) is 9.59 Å². The minimum atomic E-state index is -1.00. The molecule has 0 heterocycles. The maximum Gasteiger partial charge on any atom is 0.326 e. The van der Waals surface area contributed by atoms with Gasteiger partial charge in [0.2, 0.25) is 0 Å². The molecule has 1 saturated carbocycles. The minimum Gasteiger partial charge on any atom is -0.480 e. The molecule has 3 unspecified atom stereocenters. The van der Waals surface area contributed by atoms with Gasteiger partial charge in [0.05, 0.1) is 0 Å². The predicted octanol–water partition coefficient (Wildman–Crippen LogP) is 2.46. The molecule has 5 nitrogen and oxygen atoms in total. The molecule has 0 aromatic rings. The SMILES string of the molecule is CCSC1CCC(NC(=O)NC(C(=O)O)C(C)(C)C)C1. The number of carboxylic acid groups (broad SMARTS) is 1. The fourth-order valence-electron chi connectivity index (χ4n) is 2.47. The average molecular weight is 302 g/mol. The molecular formula is C14H26N2O3S. The van der Waals surface area contributed by atoms with Crippen LogP contribution in [-0.2, 0) is 4.79 Å². The molecule has 1 aliphatic rings. The van der Waals surface area contributed by atoms with Gasteiger partial charge in [-0.15, -0.1) is 0 Å². The van der Waals surface area contributed by atoms with E-state index in [0.717, 1.165) is 25.0 Å². The maximum atomic E-state index is 11.9. The Morgan fingerprint density at radius 3 is 2.50 bits per heavy atom. The second kappa shape index (κ2) is 7.20. The van der Waals surface area contributed by atoms with Crippen molar-refractivity contribution in [3.63, 3.8) is 0 Å². The molecule has 0 saturated heterocycles. The van der Waals surface area contributed by atoms with Gasteiger partial charge in [0.25, 0.3) is 0 Å². The van der Waals surface area contributed by atoms with Crippen molar-refractivity contribution in [3.8, 4) is 0 Å². The van der Waals surface area contributed by atoms with E-state index in [2.05, 4.69) is 17.6 Å².